The van der Waals surface area contributed by atoms with E-state index < -0.39 is 10.0 Å². The molecule has 5 nitrogen and oxygen atoms in total. The van der Waals surface area contributed by atoms with Crippen molar-refractivity contribution in [3.8, 4) is 0 Å². The smallest absolute Gasteiger partial charge is 0.251 e. The topological polar surface area (TPSA) is 66.5 Å². The zero-order valence-electron chi connectivity index (χ0n) is 17.0. The van der Waals surface area contributed by atoms with E-state index in [-0.39, 0.29) is 17.7 Å². The monoisotopic (exact) mass is 400 g/mol. The summed E-state index contributed by atoms with van der Waals surface area (Å²) in [5.74, 6) is -0.0461. The van der Waals surface area contributed by atoms with Gasteiger partial charge in [0, 0.05) is 12.1 Å². The van der Waals surface area contributed by atoms with Gasteiger partial charge in [0.1, 0.15) is 0 Å². The maximum absolute atomic E-state index is 12.8. The van der Waals surface area contributed by atoms with Crippen molar-refractivity contribution >= 4 is 21.6 Å². The normalized spacial score (nSPS) is 17.2. The summed E-state index contributed by atoms with van der Waals surface area (Å²) in [5, 5.41) is 3.04. The second-order valence-corrected chi connectivity index (χ2v) is 9.66. The van der Waals surface area contributed by atoms with Gasteiger partial charge in [-0.05, 0) is 69.4 Å². The van der Waals surface area contributed by atoms with Crippen LogP contribution in [0.1, 0.15) is 58.4 Å². The van der Waals surface area contributed by atoms with Crippen LogP contribution in [-0.2, 0) is 10.0 Å². The molecular weight excluding hydrogens is 372 g/mol. The Morgan fingerprint density at radius 3 is 2.46 bits per heavy atom. The summed E-state index contributed by atoms with van der Waals surface area (Å²) < 4.78 is 26.4. The van der Waals surface area contributed by atoms with Gasteiger partial charge in [0.2, 0.25) is 10.0 Å². The van der Waals surface area contributed by atoms with Crippen molar-refractivity contribution in [2.24, 2.45) is 0 Å². The van der Waals surface area contributed by atoms with Crippen LogP contribution >= 0.6 is 0 Å². The number of rotatable bonds is 4. The van der Waals surface area contributed by atoms with Crippen molar-refractivity contribution in [3.05, 3.63) is 64.2 Å². The Labute approximate surface area is 167 Å². The molecule has 1 amide bonds. The van der Waals surface area contributed by atoms with Crippen molar-refractivity contribution in [1.29, 1.82) is 0 Å². The molecule has 3 rings (SSSR count). The van der Waals surface area contributed by atoms with Gasteiger partial charge in [-0.1, -0.05) is 29.8 Å². The molecule has 0 aliphatic carbocycles. The first kappa shape index (κ1) is 20.4. The Morgan fingerprint density at radius 1 is 1.04 bits per heavy atom. The van der Waals surface area contributed by atoms with Crippen LogP contribution in [0.3, 0.4) is 0 Å². The molecule has 2 aromatic carbocycles. The number of anilines is 1. The Balaban J connectivity index is 1.84. The number of carbonyl (C=O) groups is 1. The Morgan fingerprint density at radius 2 is 1.79 bits per heavy atom. The molecule has 1 saturated heterocycles. The average Bonchev–Trinajstić information content (AvgIpc) is 2.62. The molecule has 2 aromatic rings. The number of hydrogen-bond donors (Lipinski definition) is 1. The maximum atomic E-state index is 12.8. The number of hydrogen-bond acceptors (Lipinski definition) is 3. The van der Waals surface area contributed by atoms with Crippen LogP contribution in [0.15, 0.2) is 36.4 Å². The number of carbonyl (C=O) groups excluding carboxylic acids is 1. The summed E-state index contributed by atoms with van der Waals surface area (Å²) in [6.45, 7) is 8.38. The summed E-state index contributed by atoms with van der Waals surface area (Å²) in [7, 11) is -3.32. The minimum absolute atomic E-state index is 0.142. The average molecular weight is 401 g/mol. The van der Waals surface area contributed by atoms with Crippen LogP contribution in [0.2, 0.25) is 0 Å². The largest absolute Gasteiger partial charge is 0.346 e. The summed E-state index contributed by atoms with van der Waals surface area (Å²) >= 11 is 0. The van der Waals surface area contributed by atoms with E-state index in [0.717, 1.165) is 23.1 Å². The van der Waals surface area contributed by atoms with Crippen LogP contribution in [0.4, 0.5) is 5.69 Å². The lowest BCUT2D eigenvalue weighted by Crippen LogP contribution is -2.38. The zero-order valence-corrected chi connectivity index (χ0v) is 17.8. The molecular formula is C22H28N2O3S. The molecule has 6 heteroatoms. The minimum atomic E-state index is -3.32. The molecule has 0 aromatic heterocycles. The van der Waals surface area contributed by atoms with Gasteiger partial charge < -0.3 is 5.32 Å². The fourth-order valence-electron chi connectivity index (χ4n) is 3.75. The van der Waals surface area contributed by atoms with E-state index in [1.165, 1.54) is 9.87 Å². The molecule has 1 aliphatic heterocycles. The van der Waals surface area contributed by atoms with Crippen LogP contribution in [0.5, 0.6) is 0 Å². The Kier molecular flexibility index (Phi) is 5.79. The molecule has 0 spiro atoms. The Hall–Kier alpha value is -2.34. The summed E-state index contributed by atoms with van der Waals surface area (Å²) in [6, 6.07) is 11.3. The molecule has 1 unspecified atom stereocenters. The Bertz CT molecular complexity index is 999. The van der Waals surface area contributed by atoms with Crippen LogP contribution < -0.4 is 9.62 Å². The van der Waals surface area contributed by atoms with E-state index in [1.807, 2.05) is 45.9 Å². The highest BCUT2D eigenvalue weighted by atomic mass is 32.2. The molecule has 0 bridgehead atoms. The van der Waals surface area contributed by atoms with E-state index in [2.05, 4.69) is 11.4 Å². The first-order chi connectivity index (χ1) is 13.2. The molecule has 150 valence electrons. The van der Waals surface area contributed by atoms with Gasteiger partial charge in [-0.2, -0.15) is 0 Å². The summed E-state index contributed by atoms with van der Waals surface area (Å²) in [4.78, 5) is 12.8. The molecule has 1 fully saturated rings. The third-order valence-electron chi connectivity index (χ3n) is 5.33. The molecule has 1 aliphatic rings. The van der Waals surface area contributed by atoms with Crippen molar-refractivity contribution in [3.63, 3.8) is 0 Å². The number of nitrogens with one attached hydrogen (secondary N) is 1. The van der Waals surface area contributed by atoms with Crippen molar-refractivity contribution < 1.29 is 13.2 Å². The molecule has 1 atom stereocenters. The predicted octanol–water partition coefficient (Wildman–Crippen LogP) is 4.03. The third-order valence-corrected chi connectivity index (χ3v) is 7.18. The minimum Gasteiger partial charge on any atom is -0.346 e. The molecule has 1 N–H and O–H groups in total. The highest BCUT2D eigenvalue weighted by molar-refractivity contribution is 7.92. The number of benzene rings is 2. The molecule has 0 radical (unpaired) electrons. The number of nitrogens with zero attached hydrogens (tertiary/aromatic N) is 1. The first-order valence-electron chi connectivity index (χ1n) is 9.68. The maximum Gasteiger partial charge on any atom is 0.251 e. The summed E-state index contributed by atoms with van der Waals surface area (Å²) in [5.41, 5.74) is 5.32. The highest BCUT2D eigenvalue weighted by Crippen LogP contribution is 2.28. The van der Waals surface area contributed by atoms with Crippen LogP contribution in [-0.4, -0.2) is 26.6 Å². The third kappa shape index (κ3) is 4.22. The van der Waals surface area contributed by atoms with E-state index >= 15 is 0 Å². The molecule has 0 saturated carbocycles. The standard InChI is InChI=1S/C22H28N2O3S/c1-15-7-10-20(17(3)13-15)18(4)23-22(25)19-9-8-16(2)21(14-19)24-11-5-6-12-28(24,26)27/h7-10,13-14,18H,5-6,11-12H2,1-4H3,(H,23,25). The SMILES string of the molecule is Cc1ccc(C(C)NC(=O)c2ccc(C)c(N3CCCCS3(=O)=O)c2)c(C)c1. The van der Waals surface area contributed by atoms with Gasteiger partial charge in [-0.25, -0.2) is 8.42 Å². The lowest BCUT2D eigenvalue weighted by molar-refractivity contribution is 0.0940. The van der Waals surface area contributed by atoms with Crippen molar-refractivity contribution in [1.82, 2.24) is 5.32 Å². The fourth-order valence-corrected chi connectivity index (χ4v) is 5.44. The number of sulfonamides is 1. The number of aryl methyl sites for hydroxylation is 3. The highest BCUT2D eigenvalue weighted by Gasteiger charge is 2.27. The lowest BCUT2D eigenvalue weighted by atomic mass is 10.00. The van der Waals surface area contributed by atoms with Crippen molar-refractivity contribution in [2.75, 3.05) is 16.6 Å². The second kappa shape index (κ2) is 7.95. The fraction of sp³-hybridized carbons (Fsp3) is 0.409. The number of amides is 1. The van der Waals surface area contributed by atoms with Gasteiger partial charge in [0.25, 0.3) is 5.91 Å². The summed E-state index contributed by atoms with van der Waals surface area (Å²) in [6.07, 6.45) is 1.52. The van der Waals surface area contributed by atoms with Crippen LogP contribution in [0, 0.1) is 20.8 Å². The lowest BCUT2D eigenvalue weighted by Gasteiger charge is -2.30. The predicted molar refractivity (Wildman–Crippen MR) is 113 cm³/mol. The zero-order chi connectivity index (χ0) is 20.5. The van der Waals surface area contributed by atoms with Crippen LogP contribution in [0.25, 0.3) is 0 Å². The quantitative estimate of drug-likeness (QED) is 0.842. The first-order valence-corrected chi connectivity index (χ1v) is 11.3. The van der Waals surface area contributed by atoms with Gasteiger partial charge in [0.05, 0.1) is 17.5 Å². The second-order valence-electron chi connectivity index (χ2n) is 7.65. The molecule has 1 heterocycles. The van der Waals surface area contributed by atoms with E-state index in [9.17, 15) is 13.2 Å². The van der Waals surface area contributed by atoms with Gasteiger partial charge >= 0.3 is 0 Å². The van der Waals surface area contributed by atoms with Crippen molar-refractivity contribution in [2.45, 2.75) is 46.6 Å². The van der Waals surface area contributed by atoms with Gasteiger partial charge in [0.15, 0.2) is 0 Å². The van der Waals surface area contributed by atoms with Gasteiger partial charge in [-0.3, -0.25) is 9.10 Å². The molecule has 28 heavy (non-hydrogen) atoms. The van der Waals surface area contributed by atoms with E-state index in [1.54, 1.807) is 12.1 Å². The van der Waals surface area contributed by atoms with E-state index in [0.29, 0.717) is 24.2 Å². The van der Waals surface area contributed by atoms with E-state index in [4.69, 9.17) is 0 Å². The van der Waals surface area contributed by atoms with Gasteiger partial charge in [-0.15, -0.1) is 0 Å².